The minimum absolute atomic E-state index is 0.214. The summed E-state index contributed by atoms with van der Waals surface area (Å²) in [5.74, 6) is -0.738. The summed E-state index contributed by atoms with van der Waals surface area (Å²) in [6.45, 7) is 2.14. The molecule has 0 aliphatic rings. The molecule has 24 heavy (non-hydrogen) atoms. The lowest BCUT2D eigenvalue weighted by molar-refractivity contribution is -0.136. The number of hydrogen-bond acceptors (Lipinski definition) is 1. The summed E-state index contributed by atoms with van der Waals surface area (Å²) in [5.41, 5.74) is 3.22. The van der Waals surface area contributed by atoms with Crippen LogP contribution in [-0.4, -0.2) is 11.1 Å². The zero-order valence-electron chi connectivity index (χ0n) is 15.0. The fourth-order valence-electron chi connectivity index (χ4n) is 1.89. The normalized spacial score (nSPS) is 11.7. The number of aliphatic carboxylic acids is 1. The number of carboxylic acids is 1. The molecule has 0 amide bonds. The van der Waals surface area contributed by atoms with Crippen LogP contribution in [-0.2, 0) is 4.79 Å². The highest BCUT2D eigenvalue weighted by atomic mass is 16.4. The first kappa shape index (κ1) is 21.9. The molecule has 0 unspecified atom stereocenters. The number of rotatable bonds is 14. The molecule has 0 aromatic heterocycles. The van der Waals surface area contributed by atoms with E-state index in [1.807, 2.05) is 12.2 Å². The molecule has 0 bridgehead atoms. The fraction of sp³-hybridized carbons (Fsp3) is 0.455. The van der Waals surface area contributed by atoms with Crippen molar-refractivity contribution in [2.45, 2.75) is 64.7 Å². The standard InChI is InChI=1S/C22H32O2/c1-2-3-4-5-6-7-8-9-10-11-12-13-14-15-16-17-18-19-20-21-22(23)24/h3-4,6-7,9,11,15-16,18-19H,2,5,8,12-14,17,20-21H2,1H3,(H,23,24)/b4-3+,7-6+,16-15+,19-18+. The van der Waals surface area contributed by atoms with Crippen molar-refractivity contribution in [2.24, 2.45) is 0 Å². The Morgan fingerprint density at radius 1 is 0.792 bits per heavy atom. The molecule has 0 saturated heterocycles. The second kappa shape index (κ2) is 19.0. The Morgan fingerprint density at radius 3 is 2.12 bits per heavy atom. The summed E-state index contributed by atoms with van der Waals surface area (Å²) < 4.78 is 0. The summed E-state index contributed by atoms with van der Waals surface area (Å²) in [6, 6.07) is 0. The van der Waals surface area contributed by atoms with E-state index in [1.54, 1.807) is 0 Å². The lowest BCUT2D eigenvalue weighted by atomic mass is 10.2. The molecule has 0 spiro atoms. The van der Waals surface area contributed by atoms with E-state index in [4.69, 9.17) is 5.11 Å². The topological polar surface area (TPSA) is 37.3 Å². The molecule has 0 aromatic rings. The summed E-state index contributed by atoms with van der Waals surface area (Å²) in [6.07, 6.45) is 29.2. The van der Waals surface area contributed by atoms with E-state index in [-0.39, 0.29) is 6.42 Å². The number of hydrogen-bond donors (Lipinski definition) is 1. The van der Waals surface area contributed by atoms with Gasteiger partial charge in [-0.1, -0.05) is 55.5 Å². The van der Waals surface area contributed by atoms with Crippen molar-refractivity contribution < 1.29 is 9.90 Å². The van der Waals surface area contributed by atoms with Crippen LogP contribution in [0.3, 0.4) is 0 Å². The highest BCUT2D eigenvalue weighted by Crippen LogP contribution is 2.00. The third-order valence-electron chi connectivity index (χ3n) is 3.18. The van der Waals surface area contributed by atoms with Gasteiger partial charge in [0.25, 0.3) is 0 Å². The van der Waals surface area contributed by atoms with Crippen molar-refractivity contribution in [1.29, 1.82) is 0 Å². The number of unbranched alkanes of at least 4 members (excludes halogenated alkanes) is 2. The number of carboxylic acid groups (broad SMARTS) is 1. The number of carbonyl (C=O) groups is 1. The Morgan fingerprint density at radius 2 is 1.42 bits per heavy atom. The summed E-state index contributed by atoms with van der Waals surface area (Å²) in [5, 5.41) is 8.49. The van der Waals surface area contributed by atoms with Gasteiger partial charge in [-0.15, -0.1) is 5.73 Å². The average Bonchev–Trinajstić information content (AvgIpc) is 2.56. The first-order chi connectivity index (χ1) is 11.8. The molecule has 2 heteroatoms. The van der Waals surface area contributed by atoms with Crippen molar-refractivity contribution in [3.63, 3.8) is 0 Å². The molecule has 0 aliphatic heterocycles. The Hall–Kier alpha value is -2.05. The Balaban J connectivity index is 3.51. The van der Waals surface area contributed by atoms with E-state index < -0.39 is 5.97 Å². The van der Waals surface area contributed by atoms with Crippen LogP contribution in [0.4, 0.5) is 0 Å². The molecule has 2 nitrogen and oxygen atoms in total. The molecule has 0 atom stereocenters. The van der Waals surface area contributed by atoms with Gasteiger partial charge in [-0.3, -0.25) is 4.79 Å². The molecule has 0 rings (SSSR count). The molecule has 0 saturated carbocycles. The fourth-order valence-corrected chi connectivity index (χ4v) is 1.89. The van der Waals surface area contributed by atoms with Crippen LogP contribution in [0.1, 0.15) is 64.7 Å². The van der Waals surface area contributed by atoms with Crippen LogP contribution < -0.4 is 0 Å². The van der Waals surface area contributed by atoms with Crippen LogP contribution in [0.25, 0.3) is 0 Å². The average molecular weight is 328 g/mol. The van der Waals surface area contributed by atoms with Gasteiger partial charge in [0.1, 0.15) is 0 Å². The Labute approximate surface area is 147 Å². The second-order valence-corrected chi connectivity index (χ2v) is 5.44. The van der Waals surface area contributed by atoms with Gasteiger partial charge in [-0.25, -0.2) is 0 Å². The first-order valence-corrected chi connectivity index (χ1v) is 8.98. The summed E-state index contributed by atoms with van der Waals surface area (Å²) in [4.78, 5) is 10.3. The van der Waals surface area contributed by atoms with Crippen LogP contribution in [0.2, 0.25) is 0 Å². The minimum Gasteiger partial charge on any atom is -0.481 e. The van der Waals surface area contributed by atoms with Crippen LogP contribution >= 0.6 is 0 Å². The van der Waals surface area contributed by atoms with Gasteiger partial charge in [0.15, 0.2) is 0 Å². The van der Waals surface area contributed by atoms with Gasteiger partial charge >= 0.3 is 5.97 Å². The van der Waals surface area contributed by atoms with Crippen molar-refractivity contribution >= 4 is 5.97 Å². The second-order valence-electron chi connectivity index (χ2n) is 5.44. The molecular weight excluding hydrogens is 296 g/mol. The van der Waals surface area contributed by atoms with Crippen molar-refractivity contribution in [2.75, 3.05) is 0 Å². The van der Waals surface area contributed by atoms with Gasteiger partial charge in [0.2, 0.25) is 0 Å². The molecule has 1 N–H and O–H groups in total. The van der Waals surface area contributed by atoms with Gasteiger partial charge in [-0.2, -0.15) is 0 Å². The molecule has 0 fully saturated rings. The zero-order valence-corrected chi connectivity index (χ0v) is 15.0. The molecule has 0 radical (unpaired) electrons. The quantitative estimate of drug-likeness (QED) is 0.223. The monoisotopic (exact) mass is 328 g/mol. The molecule has 0 aliphatic carbocycles. The largest absolute Gasteiger partial charge is 0.481 e. The van der Waals surface area contributed by atoms with E-state index in [0.717, 1.165) is 44.9 Å². The zero-order chi connectivity index (χ0) is 17.7. The van der Waals surface area contributed by atoms with Crippen LogP contribution in [0, 0.1) is 0 Å². The van der Waals surface area contributed by atoms with Crippen LogP contribution in [0.5, 0.6) is 0 Å². The minimum atomic E-state index is -0.738. The van der Waals surface area contributed by atoms with Gasteiger partial charge < -0.3 is 5.11 Å². The Bertz CT molecular complexity index is 472. The van der Waals surface area contributed by atoms with Gasteiger partial charge in [-0.05, 0) is 63.5 Å². The highest BCUT2D eigenvalue weighted by Gasteiger charge is 1.90. The van der Waals surface area contributed by atoms with Gasteiger partial charge in [0.05, 0.1) is 0 Å². The first-order valence-electron chi connectivity index (χ1n) is 8.98. The number of allylic oxidation sites excluding steroid dienone is 9. The predicted molar refractivity (Wildman–Crippen MR) is 104 cm³/mol. The van der Waals surface area contributed by atoms with E-state index >= 15 is 0 Å². The lowest BCUT2D eigenvalue weighted by Crippen LogP contribution is -1.91. The van der Waals surface area contributed by atoms with E-state index in [9.17, 15) is 4.79 Å². The predicted octanol–water partition coefficient (Wildman–Crippen LogP) is 6.54. The maximum Gasteiger partial charge on any atom is 0.303 e. The third kappa shape index (κ3) is 19.9. The maximum absolute atomic E-state index is 10.3. The summed E-state index contributed by atoms with van der Waals surface area (Å²) in [7, 11) is 0. The molecule has 0 heterocycles. The third-order valence-corrected chi connectivity index (χ3v) is 3.18. The SMILES string of the molecule is CC/C=C/C/C=C/CC=C=CCCC/C=C/C/C=C/CCC(=O)O. The lowest BCUT2D eigenvalue weighted by Gasteiger charge is -1.89. The van der Waals surface area contributed by atoms with Crippen molar-refractivity contribution in [1.82, 2.24) is 0 Å². The molecular formula is C22H32O2. The van der Waals surface area contributed by atoms with E-state index in [1.165, 1.54) is 0 Å². The van der Waals surface area contributed by atoms with Crippen LogP contribution in [0.15, 0.2) is 66.5 Å². The molecule has 0 aromatic carbocycles. The maximum atomic E-state index is 10.3. The molecule has 132 valence electrons. The van der Waals surface area contributed by atoms with E-state index in [0.29, 0.717) is 6.42 Å². The van der Waals surface area contributed by atoms with Crippen molar-refractivity contribution in [3.05, 3.63) is 66.5 Å². The van der Waals surface area contributed by atoms with Gasteiger partial charge in [0, 0.05) is 6.42 Å². The Kier molecular flexibility index (Phi) is 17.4. The van der Waals surface area contributed by atoms with E-state index in [2.05, 4.69) is 61.3 Å². The smallest absolute Gasteiger partial charge is 0.303 e. The highest BCUT2D eigenvalue weighted by molar-refractivity contribution is 5.66. The summed E-state index contributed by atoms with van der Waals surface area (Å²) >= 11 is 0. The van der Waals surface area contributed by atoms with Crippen molar-refractivity contribution in [3.8, 4) is 0 Å².